The van der Waals surface area contributed by atoms with Gasteiger partial charge in [-0.05, 0) is 53.8 Å². The van der Waals surface area contributed by atoms with E-state index < -0.39 is 99.2 Å². The lowest BCUT2D eigenvalue weighted by atomic mass is 9.85. The highest BCUT2D eigenvalue weighted by Gasteiger charge is 2.59. The Hall–Kier alpha value is -2.55. The molecule has 0 heterocycles. The molecular weight excluding hydrogens is 940 g/mol. The molecule has 0 aromatic rings. The topological polar surface area (TPSA) is 349 Å². The average molecular weight is 1010 g/mol. The van der Waals surface area contributed by atoms with E-state index in [-0.39, 0.29) is 32.8 Å². The van der Waals surface area contributed by atoms with Crippen LogP contribution in [0.4, 0.5) is 0 Å². The van der Waals surface area contributed by atoms with Gasteiger partial charge in [-0.3, -0.25) is 27.4 Å². The molecule has 0 aromatic heterocycles. The lowest BCUT2D eigenvalue weighted by Gasteiger charge is -2.45. The third kappa shape index (κ3) is 29.6. The number of unbranched alkanes of at least 4 members (excludes halogenated alkanes) is 12. The third-order valence-electron chi connectivity index (χ3n) is 8.24. The van der Waals surface area contributed by atoms with Crippen LogP contribution in [0.2, 0.25) is 0 Å². The molecule has 0 bridgehead atoms. The molecule has 0 radical (unpaired) electrons. The SMILES string of the molecule is C#CC#CC#CC#CC#CC(=O)OC[C@H](COP(=O)(O)OC1C(O)[C@@H](OP(=O)(O)O)C(OP(=O)(O)O)[C@@H](OP(=O)(O)O)[C@H]1O)OC(=O)CCCCCCCCCCCCCCC.S.[HH].[HH].[HH].[HH].[HH].[HH].[HH].[HH].[HH]. The van der Waals surface area contributed by atoms with E-state index in [4.69, 9.17) is 24.9 Å². The minimum atomic E-state index is -5.81. The number of carbonyl (C=O) groups is 2. The quantitative estimate of drug-likeness (QED) is 0.0170. The Kier molecular flexibility index (Phi) is 30.1. The second kappa shape index (κ2) is 31.4. The maximum absolute atomic E-state index is 13.1. The molecule has 1 aliphatic rings. The molecule has 22 nitrogen and oxygen atoms in total. The molecule has 4 unspecified atom stereocenters. The van der Waals surface area contributed by atoms with Gasteiger partial charge in [-0.1, -0.05) is 84.0 Å². The molecule has 0 aliphatic heterocycles. The molecule has 374 valence electrons. The van der Waals surface area contributed by atoms with E-state index in [0.717, 1.165) is 32.1 Å². The van der Waals surface area contributed by atoms with Gasteiger partial charge in [0.2, 0.25) is 0 Å². The minimum absolute atomic E-state index is 0. The summed E-state index contributed by atoms with van der Waals surface area (Å²) in [6, 6.07) is 0. The normalized spacial score (nSPS) is 21.0. The summed E-state index contributed by atoms with van der Waals surface area (Å²) in [6.07, 6.45) is 0.0140. The first-order valence-electron chi connectivity index (χ1n) is 19.0. The van der Waals surface area contributed by atoms with Crippen molar-refractivity contribution < 1.29 is 117 Å². The van der Waals surface area contributed by atoms with Crippen molar-refractivity contribution in [3.8, 4) is 59.7 Å². The van der Waals surface area contributed by atoms with E-state index in [1.54, 1.807) is 0 Å². The molecule has 27 heteroatoms. The number of aliphatic hydroxyl groups excluding tert-OH is 2. The smallest absolute Gasteiger partial charge is 0.456 e. The number of phosphoric acid groups is 4. The Balaban J connectivity index is -0.000000480. The molecule has 1 aliphatic carbocycles. The van der Waals surface area contributed by atoms with Crippen LogP contribution in [0.25, 0.3) is 0 Å². The standard InChI is InChI=1S/C36H52O22P4.H2S.9H2/c1-3-5-7-9-11-13-14-15-16-17-19-21-23-25-30(38)54-28(26-52-29(37)24-22-20-18-12-10-8-6-4-2)27-53-62(50,51)58-33-31(39)34(55-59(41,42)43)36(57-61(47,48)49)35(32(33)40)56-60(44,45)46;;;;;;;;;;/h2,28,31-36,39-40H,3,5,7,9,11,13-17,19,21,23,25-27H2,1H3,(H,50,51)(H2,41,42,43)(H2,44,45,46)(H2,47,48,49);1H2;9*1H/t28-,31+,32?,33?,34+,35-,36?;;;;;;;;;;/m1........../s1. The van der Waals surface area contributed by atoms with Crippen molar-refractivity contribution >= 4 is 56.7 Å². The first-order chi connectivity index (χ1) is 29.0. The van der Waals surface area contributed by atoms with Crippen LogP contribution in [0, 0.1) is 59.7 Å². The van der Waals surface area contributed by atoms with Crippen molar-refractivity contribution in [3.05, 3.63) is 0 Å². The van der Waals surface area contributed by atoms with Gasteiger partial charge in [0.15, 0.2) is 6.10 Å². The Morgan fingerprint density at radius 1 is 0.587 bits per heavy atom. The van der Waals surface area contributed by atoms with Gasteiger partial charge in [-0.2, -0.15) is 13.5 Å². The van der Waals surface area contributed by atoms with Crippen molar-refractivity contribution in [2.75, 3.05) is 13.2 Å². The zero-order chi connectivity index (χ0) is 46.8. The van der Waals surface area contributed by atoms with E-state index >= 15 is 0 Å². The monoisotopic (exact) mass is 1010 g/mol. The lowest BCUT2D eigenvalue weighted by molar-refractivity contribution is -0.209. The Morgan fingerprint density at radius 3 is 1.44 bits per heavy atom. The molecule has 0 amide bonds. The van der Waals surface area contributed by atoms with E-state index in [2.05, 4.69) is 61.9 Å². The Morgan fingerprint density at radius 2 is 1.00 bits per heavy atom. The first kappa shape index (κ1) is 60.5. The number of hydrogen-bond donors (Lipinski definition) is 9. The highest BCUT2D eigenvalue weighted by molar-refractivity contribution is 7.59. The number of ether oxygens (including phenoxy) is 2. The summed E-state index contributed by atoms with van der Waals surface area (Å²) in [6.45, 7) is 0.200. The highest BCUT2D eigenvalue weighted by Crippen LogP contribution is 2.53. The predicted octanol–water partition coefficient (Wildman–Crippen LogP) is 4.57. The summed E-state index contributed by atoms with van der Waals surface area (Å²) >= 11 is 0. The van der Waals surface area contributed by atoms with Crippen LogP contribution >= 0.6 is 44.8 Å². The highest BCUT2D eigenvalue weighted by atomic mass is 32.1. The van der Waals surface area contributed by atoms with Gasteiger partial charge in [0, 0.05) is 25.2 Å². The van der Waals surface area contributed by atoms with E-state index in [9.17, 15) is 72.3 Å². The van der Waals surface area contributed by atoms with Gasteiger partial charge in [0.25, 0.3) is 0 Å². The fourth-order valence-corrected chi connectivity index (χ4v) is 8.26. The first-order valence-corrected chi connectivity index (χ1v) is 25.1. The van der Waals surface area contributed by atoms with Crippen LogP contribution in [0.5, 0.6) is 0 Å². The van der Waals surface area contributed by atoms with Gasteiger partial charge >= 0.3 is 43.2 Å². The molecule has 1 saturated carbocycles. The molecule has 9 N–H and O–H groups in total. The zero-order valence-electron chi connectivity index (χ0n) is 34.1. The zero-order valence-corrected chi connectivity index (χ0v) is 38.6. The summed E-state index contributed by atoms with van der Waals surface area (Å²) in [5, 5.41) is 21.7. The summed E-state index contributed by atoms with van der Waals surface area (Å²) in [5.41, 5.74) is 0. The summed E-state index contributed by atoms with van der Waals surface area (Å²) in [4.78, 5) is 91.6. The van der Waals surface area contributed by atoms with E-state index in [0.29, 0.717) is 12.8 Å². The summed E-state index contributed by atoms with van der Waals surface area (Å²) in [7, 11) is -23.1. The molecule has 1 fully saturated rings. The number of aliphatic hydroxyl groups is 2. The molecule has 0 aromatic carbocycles. The van der Waals surface area contributed by atoms with Crippen LogP contribution in [-0.2, 0) is 59.9 Å². The number of hydrogen-bond acceptors (Lipinski definition) is 15. The van der Waals surface area contributed by atoms with Crippen LogP contribution in [0.3, 0.4) is 0 Å². The molecule has 0 saturated heterocycles. The van der Waals surface area contributed by atoms with Crippen molar-refractivity contribution in [1.82, 2.24) is 0 Å². The molecule has 1 rings (SSSR count). The van der Waals surface area contributed by atoms with E-state index in [1.165, 1.54) is 38.5 Å². The summed E-state index contributed by atoms with van der Waals surface area (Å²) < 4.78 is 80.8. The largest absolute Gasteiger partial charge is 0.472 e. The van der Waals surface area contributed by atoms with Crippen LogP contribution in [-0.4, -0.2) is 112 Å². The van der Waals surface area contributed by atoms with Gasteiger partial charge in [0.05, 0.1) is 6.61 Å². The Bertz CT molecular complexity index is 1930. The van der Waals surface area contributed by atoms with Gasteiger partial charge in [0.1, 0.15) is 43.2 Å². The van der Waals surface area contributed by atoms with Crippen molar-refractivity contribution in [1.29, 1.82) is 0 Å². The fourth-order valence-electron chi connectivity index (χ4n) is 5.61. The van der Waals surface area contributed by atoms with Crippen molar-refractivity contribution in [2.45, 2.75) is 140 Å². The van der Waals surface area contributed by atoms with Gasteiger partial charge < -0.3 is 53.9 Å². The second-order valence-corrected chi connectivity index (χ2v) is 18.3. The summed E-state index contributed by atoms with van der Waals surface area (Å²) in [5.74, 6) is 17.7. The van der Waals surface area contributed by atoms with E-state index in [1.807, 2.05) is 11.8 Å². The molecular formula is C36H72O22P4S. The lowest BCUT2D eigenvalue weighted by Crippen LogP contribution is -2.65. The third-order valence-corrected chi connectivity index (χ3v) is 10.8. The number of terminal acetylenes is 1. The fraction of sp³-hybridized carbons (Fsp3) is 0.667. The minimum Gasteiger partial charge on any atom is -0.456 e. The van der Waals surface area contributed by atoms with Gasteiger partial charge in [-0.25, -0.2) is 23.1 Å². The molecule has 8 atom stereocenters. The van der Waals surface area contributed by atoms with Crippen molar-refractivity contribution in [3.63, 3.8) is 0 Å². The number of phosphoric ester groups is 4. The number of esters is 2. The Labute approximate surface area is 386 Å². The number of carbonyl (C=O) groups excluding carboxylic acids is 2. The number of rotatable bonds is 28. The van der Waals surface area contributed by atoms with Gasteiger partial charge in [-0.15, -0.1) is 6.42 Å². The maximum atomic E-state index is 13.1. The van der Waals surface area contributed by atoms with Crippen LogP contribution in [0.15, 0.2) is 0 Å². The van der Waals surface area contributed by atoms with Crippen LogP contribution < -0.4 is 0 Å². The maximum Gasteiger partial charge on any atom is 0.472 e. The molecule has 63 heavy (non-hydrogen) atoms. The van der Waals surface area contributed by atoms with Crippen LogP contribution in [0.1, 0.15) is 110 Å². The second-order valence-electron chi connectivity index (χ2n) is 13.3. The average Bonchev–Trinajstić information content (AvgIpc) is 3.16. The molecule has 0 spiro atoms. The van der Waals surface area contributed by atoms with Crippen molar-refractivity contribution in [2.24, 2.45) is 0 Å². The predicted molar refractivity (Wildman–Crippen MR) is 244 cm³/mol.